The van der Waals surface area contributed by atoms with Gasteiger partial charge in [0.15, 0.2) is 0 Å². The van der Waals surface area contributed by atoms with Crippen molar-refractivity contribution in [3.63, 3.8) is 0 Å². The first kappa shape index (κ1) is 17.3. The lowest BCUT2D eigenvalue weighted by atomic mass is 10.1. The first-order valence-corrected chi connectivity index (χ1v) is 8.58. The van der Waals surface area contributed by atoms with E-state index < -0.39 is 5.60 Å². The van der Waals surface area contributed by atoms with E-state index in [1.54, 1.807) is 6.26 Å². The van der Waals surface area contributed by atoms with Crippen molar-refractivity contribution >= 4 is 22.0 Å². The largest absolute Gasteiger partial charge is 0.467 e. The van der Waals surface area contributed by atoms with Crippen LogP contribution in [0.15, 0.2) is 21.2 Å². The van der Waals surface area contributed by atoms with Gasteiger partial charge in [-0.05, 0) is 68.6 Å². The third-order valence-electron chi connectivity index (χ3n) is 3.64. The Labute approximate surface area is 140 Å². The van der Waals surface area contributed by atoms with Gasteiger partial charge in [0.05, 0.1) is 17.3 Å². The van der Waals surface area contributed by atoms with Crippen LogP contribution in [0.5, 0.6) is 0 Å². The Kier molecular flexibility index (Phi) is 5.92. The topological polar surface area (TPSA) is 54.7 Å². The number of hydrogen-bond acceptors (Lipinski definition) is 4. The molecule has 1 N–H and O–H groups in total. The van der Waals surface area contributed by atoms with Gasteiger partial charge in [-0.2, -0.15) is 0 Å². The van der Waals surface area contributed by atoms with Gasteiger partial charge in [0, 0.05) is 12.6 Å². The Hall–Kier alpha value is -1.01. The second-order valence-electron chi connectivity index (χ2n) is 6.63. The van der Waals surface area contributed by atoms with Gasteiger partial charge in [-0.25, -0.2) is 4.79 Å². The maximum absolute atomic E-state index is 12.2. The number of halogens is 1. The molecule has 1 aromatic rings. The van der Waals surface area contributed by atoms with E-state index >= 15 is 0 Å². The number of nitrogens with zero attached hydrogens (tertiary/aromatic N) is 1. The van der Waals surface area contributed by atoms with Crippen LogP contribution in [0.3, 0.4) is 0 Å². The minimum atomic E-state index is -0.436. The summed E-state index contributed by atoms with van der Waals surface area (Å²) < 4.78 is 11.8. The fourth-order valence-electron chi connectivity index (χ4n) is 2.62. The SMILES string of the molecule is CC(C)(C)OC(=O)N1CCCC1CCNCc1occc1Br. The predicted molar refractivity (Wildman–Crippen MR) is 88.7 cm³/mol. The average Bonchev–Trinajstić information content (AvgIpc) is 3.02. The number of ether oxygens (including phenoxy) is 1. The third kappa shape index (κ3) is 5.02. The molecule has 1 aliphatic rings. The lowest BCUT2D eigenvalue weighted by Gasteiger charge is -2.28. The summed E-state index contributed by atoms with van der Waals surface area (Å²) in [5, 5.41) is 3.36. The Morgan fingerprint density at radius 3 is 2.95 bits per heavy atom. The van der Waals surface area contributed by atoms with Crippen LogP contribution in [-0.2, 0) is 11.3 Å². The van der Waals surface area contributed by atoms with Gasteiger partial charge in [0.2, 0.25) is 0 Å². The normalized spacial score (nSPS) is 18.7. The molecule has 22 heavy (non-hydrogen) atoms. The molecule has 0 bridgehead atoms. The highest BCUT2D eigenvalue weighted by Gasteiger charge is 2.31. The minimum Gasteiger partial charge on any atom is -0.467 e. The zero-order valence-corrected chi connectivity index (χ0v) is 15.1. The fraction of sp³-hybridized carbons (Fsp3) is 0.688. The maximum Gasteiger partial charge on any atom is 0.410 e. The van der Waals surface area contributed by atoms with E-state index in [9.17, 15) is 4.79 Å². The van der Waals surface area contributed by atoms with E-state index in [1.807, 2.05) is 31.7 Å². The summed E-state index contributed by atoms with van der Waals surface area (Å²) in [4.78, 5) is 14.1. The molecule has 5 nitrogen and oxygen atoms in total. The Morgan fingerprint density at radius 2 is 2.32 bits per heavy atom. The minimum absolute atomic E-state index is 0.191. The standard InChI is InChI=1S/C16H25BrN2O3/c1-16(2,3)22-15(20)19-9-4-5-12(19)6-8-18-11-14-13(17)7-10-21-14/h7,10,12,18H,4-6,8-9,11H2,1-3H3. The Balaban J connectivity index is 1.74. The number of rotatable bonds is 5. The zero-order chi connectivity index (χ0) is 16.2. The summed E-state index contributed by atoms with van der Waals surface area (Å²) in [7, 11) is 0. The van der Waals surface area contributed by atoms with Crippen molar-refractivity contribution in [2.45, 2.75) is 58.2 Å². The van der Waals surface area contributed by atoms with Crippen molar-refractivity contribution in [2.75, 3.05) is 13.1 Å². The summed E-state index contributed by atoms with van der Waals surface area (Å²) in [5.41, 5.74) is -0.436. The van der Waals surface area contributed by atoms with Crippen LogP contribution in [0.25, 0.3) is 0 Å². The number of carbonyl (C=O) groups is 1. The molecule has 0 spiro atoms. The maximum atomic E-state index is 12.2. The van der Waals surface area contributed by atoms with Crippen molar-refractivity contribution in [3.05, 3.63) is 22.6 Å². The summed E-state index contributed by atoms with van der Waals surface area (Å²) in [6.45, 7) is 8.03. The van der Waals surface area contributed by atoms with Crippen molar-refractivity contribution in [3.8, 4) is 0 Å². The van der Waals surface area contributed by atoms with Crippen molar-refractivity contribution in [2.24, 2.45) is 0 Å². The van der Waals surface area contributed by atoms with Crippen LogP contribution in [0.4, 0.5) is 4.79 Å². The van der Waals surface area contributed by atoms with Crippen molar-refractivity contribution < 1.29 is 13.9 Å². The van der Waals surface area contributed by atoms with E-state index in [1.165, 1.54) is 0 Å². The lowest BCUT2D eigenvalue weighted by Crippen LogP contribution is -2.40. The van der Waals surface area contributed by atoms with Crippen molar-refractivity contribution in [1.82, 2.24) is 10.2 Å². The van der Waals surface area contributed by atoms with E-state index in [0.29, 0.717) is 6.54 Å². The highest BCUT2D eigenvalue weighted by atomic mass is 79.9. The molecule has 1 saturated heterocycles. The molecule has 1 fully saturated rings. The van der Waals surface area contributed by atoms with Crippen LogP contribution in [0, 0.1) is 0 Å². The molecule has 0 radical (unpaired) electrons. The predicted octanol–water partition coefficient (Wildman–Crippen LogP) is 3.92. The summed E-state index contributed by atoms with van der Waals surface area (Å²) in [5.74, 6) is 0.899. The number of hydrogen-bond donors (Lipinski definition) is 1. The molecule has 1 unspecified atom stereocenters. The van der Waals surface area contributed by atoms with Crippen LogP contribution in [-0.4, -0.2) is 35.7 Å². The van der Waals surface area contributed by atoms with Gasteiger partial charge < -0.3 is 19.4 Å². The quantitative estimate of drug-likeness (QED) is 0.795. The molecular formula is C16H25BrN2O3. The lowest BCUT2D eigenvalue weighted by molar-refractivity contribution is 0.0220. The summed E-state index contributed by atoms with van der Waals surface area (Å²) in [6, 6.07) is 2.15. The molecule has 2 rings (SSSR count). The van der Waals surface area contributed by atoms with Gasteiger partial charge in [-0.3, -0.25) is 0 Å². The van der Waals surface area contributed by atoms with Crippen LogP contribution in [0.2, 0.25) is 0 Å². The molecule has 1 atom stereocenters. The van der Waals surface area contributed by atoms with E-state index in [4.69, 9.17) is 9.15 Å². The smallest absolute Gasteiger partial charge is 0.410 e. The zero-order valence-electron chi connectivity index (χ0n) is 13.5. The van der Waals surface area contributed by atoms with E-state index in [2.05, 4.69) is 21.2 Å². The first-order valence-electron chi connectivity index (χ1n) is 7.79. The van der Waals surface area contributed by atoms with Gasteiger partial charge in [-0.1, -0.05) is 0 Å². The highest BCUT2D eigenvalue weighted by molar-refractivity contribution is 9.10. The number of carbonyl (C=O) groups excluding carboxylic acids is 1. The molecular weight excluding hydrogens is 348 g/mol. The molecule has 6 heteroatoms. The number of furan rings is 1. The Bertz CT molecular complexity index is 496. The van der Waals surface area contributed by atoms with Crippen LogP contribution < -0.4 is 5.32 Å². The second-order valence-corrected chi connectivity index (χ2v) is 7.48. The van der Waals surface area contributed by atoms with E-state index in [-0.39, 0.29) is 12.1 Å². The monoisotopic (exact) mass is 372 g/mol. The van der Waals surface area contributed by atoms with Gasteiger partial charge in [0.25, 0.3) is 0 Å². The molecule has 0 aromatic carbocycles. The molecule has 1 amide bonds. The number of likely N-dealkylation sites (tertiary alicyclic amines) is 1. The van der Waals surface area contributed by atoms with Crippen LogP contribution in [0.1, 0.15) is 45.8 Å². The Morgan fingerprint density at radius 1 is 1.55 bits per heavy atom. The van der Waals surface area contributed by atoms with Crippen molar-refractivity contribution in [1.29, 1.82) is 0 Å². The summed E-state index contributed by atoms with van der Waals surface area (Å²) in [6.07, 6.45) is 4.50. The molecule has 1 aliphatic heterocycles. The third-order valence-corrected chi connectivity index (χ3v) is 4.34. The highest BCUT2D eigenvalue weighted by Crippen LogP contribution is 2.23. The average molecular weight is 373 g/mol. The van der Waals surface area contributed by atoms with Gasteiger partial charge in [0.1, 0.15) is 11.4 Å². The van der Waals surface area contributed by atoms with Crippen LogP contribution >= 0.6 is 15.9 Å². The van der Waals surface area contributed by atoms with E-state index in [0.717, 1.165) is 42.6 Å². The molecule has 0 aliphatic carbocycles. The number of nitrogens with one attached hydrogen (secondary N) is 1. The molecule has 0 saturated carbocycles. The molecule has 1 aromatic heterocycles. The first-order chi connectivity index (χ1) is 10.4. The van der Waals surface area contributed by atoms with Gasteiger partial charge >= 0.3 is 6.09 Å². The molecule has 2 heterocycles. The number of amides is 1. The molecule has 124 valence electrons. The van der Waals surface area contributed by atoms with Gasteiger partial charge in [-0.15, -0.1) is 0 Å². The fourth-order valence-corrected chi connectivity index (χ4v) is 2.96. The summed E-state index contributed by atoms with van der Waals surface area (Å²) >= 11 is 3.44. The second kappa shape index (κ2) is 7.51.